The number of aromatic nitrogens is 2. The van der Waals surface area contributed by atoms with Crippen LogP contribution in [0.1, 0.15) is 11.3 Å². The molecule has 1 aliphatic rings. The first-order chi connectivity index (χ1) is 8.25. The van der Waals surface area contributed by atoms with Crippen molar-refractivity contribution in [1.29, 1.82) is 0 Å². The fourth-order valence-electron chi connectivity index (χ4n) is 1.96. The fraction of sp³-hybridized carbons (Fsp3) is 0.167. The van der Waals surface area contributed by atoms with Crippen LogP contribution in [-0.2, 0) is 13.1 Å². The van der Waals surface area contributed by atoms with E-state index in [1.807, 2.05) is 0 Å². The van der Waals surface area contributed by atoms with Gasteiger partial charge in [-0.05, 0) is 12.1 Å². The Morgan fingerprint density at radius 3 is 2.88 bits per heavy atom. The zero-order valence-electron chi connectivity index (χ0n) is 8.96. The van der Waals surface area contributed by atoms with Crippen LogP contribution in [0.5, 0.6) is 0 Å². The molecule has 0 saturated carbocycles. The number of nitrogens with zero attached hydrogens (tertiary/aromatic N) is 1. The van der Waals surface area contributed by atoms with Gasteiger partial charge in [0.1, 0.15) is 11.6 Å². The first-order valence-corrected chi connectivity index (χ1v) is 5.33. The lowest BCUT2D eigenvalue weighted by molar-refractivity contribution is 0.629. The number of nitrogens with one attached hydrogen (secondary N) is 2. The molecule has 1 aliphatic heterocycles. The Bertz CT molecular complexity index is 636. The fourth-order valence-corrected chi connectivity index (χ4v) is 1.96. The van der Waals surface area contributed by atoms with Crippen molar-refractivity contribution in [2.75, 3.05) is 0 Å². The molecule has 2 heterocycles. The van der Waals surface area contributed by atoms with E-state index in [1.165, 1.54) is 6.07 Å². The average Bonchev–Trinajstić information content (AvgIpc) is 2.78. The second-order valence-electron chi connectivity index (χ2n) is 3.92. The van der Waals surface area contributed by atoms with Crippen LogP contribution >= 0.6 is 0 Å². The van der Waals surface area contributed by atoms with E-state index in [4.69, 9.17) is 0 Å². The Labute approximate surface area is 96.5 Å². The maximum absolute atomic E-state index is 13.6. The second-order valence-corrected chi connectivity index (χ2v) is 3.92. The van der Waals surface area contributed by atoms with Gasteiger partial charge in [-0.1, -0.05) is 12.1 Å². The van der Waals surface area contributed by atoms with Crippen molar-refractivity contribution in [2.45, 2.75) is 13.1 Å². The average molecular weight is 231 g/mol. The number of H-pyrrole nitrogens is 1. The standard InChI is InChI=1S/C12H10FN3O/c13-9-4-2-1-3-7(9)11-15-10-6-14-5-8(10)12(17)16-11/h1-4,14H,5-6H2,(H,15,16,17). The molecule has 0 radical (unpaired) electrons. The molecular formula is C12H10FN3O. The van der Waals surface area contributed by atoms with E-state index < -0.39 is 0 Å². The van der Waals surface area contributed by atoms with Gasteiger partial charge in [0, 0.05) is 13.1 Å². The molecule has 0 unspecified atom stereocenters. The highest BCUT2D eigenvalue weighted by molar-refractivity contribution is 5.56. The van der Waals surface area contributed by atoms with Gasteiger partial charge in [0.15, 0.2) is 0 Å². The largest absolute Gasteiger partial charge is 0.307 e. The van der Waals surface area contributed by atoms with Crippen molar-refractivity contribution in [3.05, 3.63) is 51.7 Å². The number of rotatable bonds is 1. The van der Waals surface area contributed by atoms with Gasteiger partial charge in [-0.2, -0.15) is 0 Å². The van der Waals surface area contributed by atoms with E-state index in [9.17, 15) is 9.18 Å². The number of hydrogen-bond acceptors (Lipinski definition) is 3. The quantitative estimate of drug-likeness (QED) is 0.774. The molecule has 2 aromatic rings. The maximum atomic E-state index is 13.6. The number of aromatic amines is 1. The van der Waals surface area contributed by atoms with Gasteiger partial charge in [-0.15, -0.1) is 0 Å². The number of halogens is 1. The highest BCUT2D eigenvalue weighted by Crippen LogP contribution is 2.19. The minimum absolute atomic E-state index is 0.196. The summed E-state index contributed by atoms with van der Waals surface area (Å²) >= 11 is 0. The Hall–Kier alpha value is -2.01. The van der Waals surface area contributed by atoms with Crippen LogP contribution in [0.25, 0.3) is 11.4 Å². The van der Waals surface area contributed by atoms with E-state index in [-0.39, 0.29) is 17.2 Å². The van der Waals surface area contributed by atoms with Gasteiger partial charge >= 0.3 is 0 Å². The van der Waals surface area contributed by atoms with Gasteiger partial charge < -0.3 is 10.3 Å². The summed E-state index contributed by atoms with van der Waals surface area (Å²) in [5.41, 5.74) is 1.47. The lowest BCUT2D eigenvalue weighted by atomic mass is 10.2. The van der Waals surface area contributed by atoms with E-state index in [1.54, 1.807) is 18.2 Å². The summed E-state index contributed by atoms with van der Waals surface area (Å²) < 4.78 is 13.6. The molecule has 17 heavy (non-hydrogen) atoms. The molecule has 2 N–H and O–H groups in total. The third-order valence-electron chi connectivity index (χ3n) is 2.82. The molecule has 0 spiro atoms. The monoisotopic (exact) mass is 231 g/mol. The molecule has 0 bridgehead atoms. The number of benzene rings is 1. The highest BCUT2D eigenvalue weighted by atomic mass is 19.1. The van der Waals surface area contributed by atoms with E-state index >= 15 is 0 Å². The summed E-state index contributed by atoms with van der Waals surface area (Å²) in [5, 5.41) is 3.05. The van der Waals surface area contributed by atoms with Crippen molar-refractivity contribution < 1.29 is 4.39 Å². The van der Waals surface area contributed by atoms with Crippen molar-refractivity contribution in [3.8, 4) is 11.4 Å². The van der Waals surface area contributed by atoms with Crippen LogP contribution < -0.4 is 10.9 Å². The summed E-state index contributed by atoms with van der Waals surface area (Å²) in [7, 11) is 0. The van der Waals surface area contributed by atoms with Gasteiger partial charge in [0.2, 0.25) is 0 Å². The SMILES string of the molecule is O=c1[nH]c(-c2ccccc2F)nc2c1CNC2. The Morgan fingerprint density at radius 1 is 1.24 bits per heavy atom. The maximum Gasteiger partial charge on any atom is 0.255 e. The van der Waals surface area contributed by atoms with Crippen LogP contribution in [0.4, 0.5) is 4.39 Å². The number of fused-ring (bicyclic) bond motifs is 1. The molecule has 4 nitrogen and oxygen atoms in total. The molecule has 3 rings (SSSR count). The molecule has 0 amide bonds. The number of hydrogen-bond donors (Lipinski definition) is 2. The molecule has 0 saturated heterocycles. The summed E-state index contributed by atoms with van der Waals surface area (Å²) in [6.07, 6.45) is 0. The van der Waals surface area contributed by atoms with E-state index in [0.29, 0.717) is 29.9 Å². The summed E-state index contributed by atoms with van der Waals surface area (Å²) in [6.45, 7) is 1.08. The van der Waals surface area contributed by atoms with Gasteiger partial charge in [0.05, 0.1) is 16.8 Å². The molecule has 5 heteroatoms. The van der Waals surface area contributed by atoms with Crippen LogP contribution in [0.3, 0.4) is 0 Å². The molecule has 0 atom stereocenters. The minimum Gasteiger partial charge on any atom is -0.307 e. The molecule has 1 aromatic carbocycles. The summed E-state index contributed by atoms with van der Waals surface area (Å²) in [5.74, 6) is -0.0999. The molecule has 86 valence electrons. The van der Waals surface area contributed by atoms with Crippen LogP contribution in [0.15, 0.2) is 29.1 Å². The van der Waals surface area contributed by atoms with Crippen LogP contribution in [-0.4, -0.2) is 9.97 Å². The van der Waals surface area contributed by atoms with Gasteiger partial charge in [-0.25, -0.2) is 9.37 Å². The smallest absolute Gasteiger partial charge is 0.255 e. The van der Waals surface area contributed by atoms with Crippen molar-refractivity contribution >= 4 is 0 Å². The molecule has 0 fully saturated rings. The highest BCUT2D eigenvalue weighted by Gasteiger charge is 2.18. The topological polar surface area (TPSA) is 57.8 Å². The normalized spacial score (nSPS) is 13.7. The third kappa shape index (κ3) is 1.64. The minimum atomic E-state index is -0.387. The molecular weight excluding hydrogens is 221 g/mol. The van der Waals surface area contributed by atoms with Crippen molar-refractivity contribution in [2.24, 2.45) is 0 Å². The molecule has 0 aliphatic carbocycles. The van der Waals surface area contributed by atoms with Crippen molar-refractivity contribution in [1.82, 2.24) is 15.3 Å². The van der Waals surface area contributed by atoms with Crippen LogP contribution in [0.2, 0.25) is 0 Å². The van der Waals surface area contributed by atoms with E-state index in [0.717, 1.165) is 0 Å². The Morgan fingerprint density at radius 2 is 2.06 bits per heavy atom. The predicted octanol–water partition coefficient (Wildman–Crippen LogP) is 1.18. The lowest BCUT2D eigenvalue weighted by Gasteiger charge is -2.04. The van der Waals surface area contributed by atoms with Crippen molar-refractivity contribution in [3.63, 3.8) is 0 Å². The zero-order chi connectivity index (χ0) is 11.8. The third-order valence-corrected chi connectivity index (χ3v) is 2.82. The van der Waals surface area contributed by atoms with Gasteiger partial charge in [-0.3, -0.25) is 4.79 Å². The first-order valence-electron chi connectivity index (χ1n) is 5.33. The van der Waals surface area contributed by atoms with Crippen LogP contribution in [0, 0.1) is 5.82 Å². The Balaban J connectivity index is 2.20. The molecule has 1 aromatic heterocycles. The summed E-state index contributed by atoms with van der Waals surface area (Å²) in [4.78, 5) is 18.7. The Kier molecular flexibility index (Phi) is 2.26. The first kappa shape index (κ1) is 10.2. The zero-order valence-corrected chi connectivity index (χ0v) is 8.96. The van der Waals surface area contributed by atoms with Gasteiger partial charge in [0.25, 0.3) is 5.56 Å². The lowest BCUT2D eigenvalue weighted by Crippen LogP contribution is -2.16. The summed E-state index contributed by atoms with van der Waals surface area (Å²) in [6, 6.07) is 6.26. The predicted molar refractivity (Wildman–Crippen MR) is 60.8 cm³/mol. The van der Waals surface area contributed by atoms with E-state index in [2.05, 4.69) is 15.3 Å². The second kappa shape index (κ2) is 3.78.